The van der Waals surface area contributed by atoms with E-state index >= 15 is 0 Å². The molecule has 2 heterocycles. The van der Waals surface area contributed by atoms with E-state index in [1.165, 1.54) is 0 Å². The smallest absolute Gasteiger partial charge is 0.239 e. The van der Waals surface area contributed by atoms with Crippen LogP contribution in [0.3, 0.4) is 0 Å². The van der Waals surface area contributed by atoms with Crippen molar-refractivity contribution in [1.29, 1.82) is 0 Å². The Morgan fingerprint density at radius 3 is 2.64 bits per heavy atom. The molecule has 0 saturated carbocycles. The molecule has 0 radical (unpaired) electrons. The first-order valence-corrected chi connectivity index (χ1v) is 7.63. The fourth-order valence-corrected chi connectivity index (χ4v) is 3.21. The van der Waals surface area contributed by atoms with Gasteiger partial charge in [0, 0.05) is 19.6 Å². The van der Waals surface area contributed by atoms with Crippen molar-refractivity contribution in [2.45, 2.75) is 12.5 Å². The Morgan fingerprint density at radius 1 is 1.18 bits per heavy atom. The number of hydrogen-bond acceptors (Lipinski definition) is 4. The van der Waals surface area contributed by atoms with E-state index in [0.717, 1.165) is 17.5 Å². The van der Waals surface area contributed by atoms with Crippen molar-refractivity contribution in [2.75, 3.05) is 39.4 Å². The third-order valence-corrected chi connectivity index (χ3v) is 4.35. The molecule has 2 amide bonds. The molecule has 0 unspecified atom stereocenters. The summed E-state index contributed by atoms with van der Waals surface area (Å²) in [6, 6.07) is 7.30. The van der Waals surface area contributed by atoms with Gasteiger partial charge in [0.1, 0.15) is 6.04 Å². The number of carbonyl (C=O) groups excluding carboxylic acids is 2. The van der Waals surface area contributed by atoms with Crippen LogP contribution >= 0.6 is 0 Å². The highest BCUT2D eigenvalue weighted by Crippen LogP contribution is 2.29. The second-order valence-corrected chi connectivity index (χ2v) is 5.72. The maximum Gasteiger partial charge on any atom is 0.239 e. The van der Waals surface area contributed by atoms with Crippen LogP contribution in [0.15, 0.2) is 24.3 Å². The van der Waals surface area contributed by atoms with E-state index in [1.807, 2.05) is 29.2 Å². The van der Waals surface area contributed by atoms with Crippen LogP contribution in [-0.4, -0.2) is 61.0 Å². The number of nitrogens with zero attached hydrogens (tertiary/aromatic N) is 2. The number of amides is 2. The normalized spacial score (nSPS) is 22.2. The summed E-state index contributed by atoms with van der Waals surface area (Å²) in [5, 5.41) is 0. The molecule has 1 fully saturated rings. The van der Waals surface area contributed by atoms with Gasteiger partial charge in [-0.3, -0.25) is 14.5 Å². The summed E-state index contributed by atoms with van der Waals surface area (Å²) in [4.78, 5) is 28.0. The minimum Gasteiger partial charge on any atom is -0.378 e. The molecule has 0 aliphatic carbocycles. The summed E-state index contributed by atoms with van der Waals surface area (Å²) in [6.07, 6.45) is 0.830. The summed E-state index contributed by atoms with van der Waals surface area (Å²) in [5.41, 5.74) is 7.67. The molecule has 3 rings (SSSR count). The molecule has 118 valence electrons. The number of morpholine rings is 1. The Bertz CT molecular complexity index is 570. The Hall–Kier alpha value is -1.92. The van der Waals surface area contributed by atoms with Crippen LogP contribution in [0, 0.1) is 0 Å². The Kier molecular flexibility index (Phi) is 4.40. The van der Waals surface area contributed by atoms with Gasteiger partial charge in [0.15, 0.2) is 0 Å². The average Bonchev–Trinajstić information content (AvgIpc) is 2.55. The largest absolute Gasteiger partial charge is 0.378 e. The van der Waals surface area contributed by atoms with Crippen LogP contribution in [0.4, 0.5) is 0 Å². The fourth-order valence-electron chi connectivity index (χ4n) is 3.21. The van der Waals surface area contributed by atoms with Crippen molar-refractivity contribution >= 4 is 11.8 Å². The zero-order chi connectivity index (χ0) is 15.5. The third-order valence-electron chi connectivity index (χ3n) is 4.35. The second kappa shape index (κ2) is 6.46. The number of nitrogens with two attached hydrogens (primary N) is 1. The summed E-state index contributed by atoms with van der Waals surface area (Å²) in [6.45, 7) is 3.28. The van der Waals surface area contributed by atoms with Crippen LogP contribution in [0.2, 0.25) is 0 Å². The summed E-state index contributed by atoms with van der Waals surface area (Å²) < 4.78 is 5.26. The van der Waals surface area contributed by atoms with Gasteiger partial charge < -0.3 is 15.4 Å². The van der Waals surface area contributed by atoms with Crippen molar-refractivity contribution in [2.24, 2.45) is 5.73 Å². The molecular weight excluding hydrogens is 282 g/mol. The Balaban J connectivity index is 1.75. The van der Waals surface area contributed by atoms with E-state index in [0.29, 0.717) is 32.8 Å². The van der Waals surface area contributed by atoms with E-state index in [-0.39, 0.29) is 12.5 Å². The summed E-state index contributed by atoms with van der Waals surface area (Å²) in [7, 11) is 0. The predicted octanol–water partition coefficient (Wildman–Crippen LogP) is -0.0701. The van der Waals surface area contributed by atoms with Crippen molar-refractivity contribution < 1.29 is 14.3 Å². The summed E-state index contributed by atoms with van der Waals surface area (Å²) >= 11 is 0. The molecule has 1 saturated heterocycles. The van der Waals surface area contributed by atoms with Gasteiger partial charge in [-0.25, -0.2) is 0 Å². The van der Waals surface area contributed by atoms with Gasteiger partial charge in [-0.1, -0.05) is 24.3 Å². The van der Waals surface area contributed by atoms with Gasteiger partial charge >= 0.3 is 0 Å². The number of carbonyl (C=O) groups is 2. The number of hydrogen-bond donors (Lipinski definition) is 1. The second-order valence-electron chi connectivity index (χ2n) is 5.72. The molecule has 2 N–H and O–H groups in total. The molecule has 0 aromatic heterocycles. The molecule has 22 heavy (non-hydrogen) atoms. The zero-order valence-electron chi connectivity index (χ0n) is 12.5. The molecule has 6 nitrogen and oxygen atoms in total. The van der Waals surface area contributed by atoms with Gasteiger partial charge in [-0.05, 0) is 17.5 Å². The van der Waals surface area contributed by atoms with E-state index < -0.39 is 11.9 Å². The van der Waals surface area contributed by atoms with Gasteiger partial charge in [0.25, 0.3) is 0 Å². The highest BCUT2D eigenvalue weighted by molar-refractivity contribution is 5.84. The van der Waals surface area contributed by atoms with Crippen molar-refractivity contribution in [3.63, 3.8) is 0 Å². The quantitative estimate of drug-likeness (QED) is 0.848. The first-order chi connectivity index (χ1) is 10.7. The van der Waals surface area contributed by atoms with E-state index in [4.69, 9.17) is 10.5 Å². The van der Waals surface area contributed by atoms with Crippen LogP contribution in [0.1, 0.15) is 17.2 Å². The number of ether oxygens (including phenoxy) is 1. The summed E-state index contributed by atoms with van der Waals surface area (Å²) in [5.74, 6) is -0.365. The molecule has 6 heteroatoms. The molecular formula is C16H21N3O3. The number of primary amides is 1. The highest BCUT2D eigenvalue weighted by Gasteiger charge is 2.33. The molecule has 1 aromatic rings. The number of fused-ring (bicyclic) bond motifs is 1. The van der Waals surface area contributed by atoms with Crippen molar-refractivity contribution in [3.05, 3.63) is 35.4 Å². The number of rotatable bonds is 3. The Morgan fingerprint density at radius 2 is 1.91 bits per heavy atom. The molecule has 1 aromatic carbocycles. The van der Waals surface area contributed by atoms with Gasteiger partial charge in [0.05, 0.1) is 19.8 Å². The topological polar surface area (TPSA) is 75.9 Å². The van der Waals surface area contributed by atoms with Crippen LogP contribution in [0.25, 0.3) is 0 Å². The lowest BCUT2D eigenvalue weighted by molar-refractivity contribution is -0.138. The van der Waals surface area contributed by atoms with Crippen molar-refractivity contribution in [3.8, 4) is 0 Å². The predicted molar refractivity (Wildman–Crippen MR) is 81.1 cm³/mol. The minimum atomic E-state index is -0.519. The fraction of sp³-hybridized carbons (Fsp3) is 0.500. The molecule has 0 spiro atoms. The van der Waals surface area contributed by atoms with Crippen LogP contribution < -0.4 is 5.73 Å². The van der Waals surface area contributed by atoms with Crippen LogP contribution in [0.5, 0.6) is 0 Å². The third kappa shape index (κ3) is 2.98. The lowest BCUT2D eigenvalue weighted by Gasteiger charge is -2.36. The van der Waals surface area contributed by atoms with Crippen molar-refractivity contribution in [1.82, 2.24) is 9.80 Å². The van der Waals surface area contributed by atoms with Crippen LogP contribution in [-0.2, 0) is 20.7 Å². The standard InChI is InChI=1S/C16H21N3O3/c17-16(21)15-13-4-2-1-3-12(13)5-6-19(15)11-14(20)18-7-9-22-10-8-18/h1-4,15H,5-11H2,(H2,17,21)/t15-/m0/s1. The highest BCUT2D eigenvalue weighted by atomic mass is 16.5. The van der Waals surface area contributed by atoms with Gasteiger partial charge in [0.2, 0.25) is 11.8 Å². The maximum absolute atomic E-state index is 12.4. The van der Waals surface area contributed by atoms with Gasteiger partial charge in [-0.2, -0.15) is 0 Å². The Labute approximate surface area is 129 Å². The lowest BCUT2D eigenvalue weighted by atomic mass is 9.92. The number of benzene rings is 1. The lowest BCUT2D eigenvalue weighted by Crippen LogP contribution is -2.50. The average molecular weight is 303 g/mol. The van der Waals surface area contributed by atoms with Gasteiger partial charge in [-0.15, -0.1) is 0 Å². The SMILES string of the molecule is NC(=O)[C@@H]1c2ccccc2CCN1CC(=O)N1CCOCC1. The molecule has 1 atom stereocenters. The monoisotopic (exact) mass is 303 g/mol. The minimum absolute atomic E-state index is 0.0360. The molecule has 2 aliphatic rings. The molecule has 0 bridgehead atoms. The van der Waals surface area contributed by atoms with E-state index in [2.05, 4.69) is 0 Å². The van der Waals surface area contributed by atoms with E-state index in [1.54, 1.807) is 4.90 Å². The van der Waals surface area contributed by atoms with E-state index in [9.17, 15) is 9.59 Å². The maximum atomic E-state index is 12.4. The first-order valence-electron chi connectivity index (χ1n) is 7.63. The molecule has 2 aliphatic heterocycles. The zero-order valence-corrected chi connectivity index (χ0v) is 12.5. The first kappa shape index (κ1) is 15.0.